The Morgan fingerprint density at radius 3 is 2.16 bits per heavy atom. The third-order valence-electron chi connectivity index (χ3n) is 2.96. The van der Waals surface area contributed by atoms with Crippen LogP contribution < -0.4 is 0 Å². The zero-order valence-electron chi connectivity index (χ0n) is 10.8. The van der Waals surface area contributed by atoms with Crippen LogP contribution in [0.25, 0.3) is 0 Å². The lowest BCUT2D eigenvalue weighted by molar-refractivity contribution is -0.0849. The van der Waals surface area contributed by atoms with Crippen LogP contribution in [0.4, 0.5) is 0 Å². The van der Waals surface area contributed by atoms with E-state index in [1.807, 2.05) is 30.3 Å². The van der Waals surface area contributed by atoms with Crippen molar-refractivity contribution in [2.45, 2.75) is 17.8 Å². The maximum Gasteiger partial charge on any atom is 0.129 e. The first kappa shape index (κ1) is 15.6. The van der Waals surface area contributed by atoms with Crippen molar-refractivity contribution in [3.63, 3.8) is 0 Å². The van der Waals surface area contributed by atoms with Gasteiger partial charge < -0.3 is 20.1 Å². The van der Waals surface area contributed by atoms with E-state index in [1.165, 1.54) is 0 Å². The van der Waals surface area contributed by atoms with Crippen LogP contribution in [-0.4, -0.2) is 40.7 Å². The van der Waals surface area contributed by atoms with Crippen LogP contribution in [0.3, 0.4) is 0 Å². The first-order valence-electron chi connectivity index (χ1n) is 6.03. The number of benzene rings is 1. The van der Waals surface area contributed by atoms with Gasteiger partial charge in [0.05, 0.1) is 13.2 Å². The summed E-state index contributed by atoms with van der Waals surface area (Å²) < 4.78 is 5.64. The molecule has 2 atom stereocenters. The molecular formula is C15H20O4. The smallest absolute Gasteiger partial charge is 0.129 e. The van der Waals surface area contributed by atoms with Crippen LogP contribution in [0.1, 0.15) is 5.56 Å². The molecule has 0 heterocycles. The standard InChI is InChI=1S/C15H20O4/c1-3-15(4-2,12-8-6-5-7-9-12)19-11-14(18)13(17)10-16/h3-9,13-14,16-18H,1-2,10-11H2/t13-,14+/m1/s1. The van der Waals surface area contributed by atoms with Gasteiger partial charge >= 0.3 is 0 Å². The summed E-state index contributed by atoms with van der Waals surface area (Å²) >= 11 is 0. The van der Waals surface area contributed by atoms with Crippen molar-refractivity contribution in [3.05, 3.63) is 61.2 Å². The SMILES string of the molecule is C=CC(C=C)(OC[C@H](O)[C@H](O)CO)c1ccccc1. The Bertz CT molecular complexity index is 394. The van der Waals surface area contributed by atoms with Crippen molar-refractivity contribution in [1.29, 1.82) is 0 Å². The van der Waals surface area contributed by atoms with Gasteiger partial charge in [0.15, 0.2) is 0 Å². The quantitative estimate of drug-likeness (QED) is 0.612. The van der Waals surface area contributed by atoms with Crippen LogP contribution in [0.5, 0.6) is 0 Å². The van der Waals surface area contributed by atoms with E-state index in [4.69, 9.17) is 9.84 Å². The van der Waals surface area contributed by atoms with Crippen molar-refractivity contribution >= 4 is 0 Å². The fourth-order valence-corrected chi connectivity index (χ4v) is 1.67. The normalized spacial score (nSPS) is 14.7. The van der Waals surface area contributed by atoms with Crippen molar-refractivity contribution in [3.8, 4) is 0 Å². The van der Waals surface area contributed by atoms with Gasteiger partial charge in [0.25, 0.3) is 0 Å². The van der Waals surface area contributed by atoms with E-state index in [9.17, 15) is 10.2 Å². The van der Waals surface area contributed by atoms with Crippen LogP contribution in [0.2, 0.25) is 0 Å². The van der Waals surface area contributed by atoms with Crippen molar-refractivity contribution < 1.29 is 20.1 Å². The highest BCUT2D eigenvalue weighted by Gasteiger charge is 2.28. The van der Waals surface area contributed by atoms with Gasteiger partial charge in [0.2, 0.25) is 0 Å². The largest absolute Gasteiger partial charge is 0.394 e. The molecule has 0 spiro atoms. The minimum atomic E-state index is -1.23. The molecule has 0 saturated carbocycles. The summed E-state index contributed by atoms with van der Waals surface area (Å²) in [5, 5.41) is 27.7. The molecule has 1 aromatic carbocycles. The molecular weight excluding hydrogens is 244 g/mol. The van der Waals surface area contributed by atoms with Crippen LogP contribution >= 0.6 is 0 Å². The lowest BCUT2D eigenvalue weighted by Gasteiger charge is -2.29. The average molecular weight is 264 g/mol. The van der Waals surface area contributed by atoms with Crippen molar-refractivity contribution in [2.75, 3.05) is 13.2 Å². The van der Waals surface area contributed by atoms with E-state index in [2.05, 4.69) is 13.2 Å². The fraction of sp³-hybridized carbons (Fsp3) is 0.333. The zero-order valence-corrected chi connectivity index (χ0v) is 10.8. The molecule has 0 bridgehead atoms. The molecule has 0 fully saturated rings. The Morgan fingerprint density at radius 1 is 1.11 bits per heavy atom. The molecule has 4 nitrogen and oxygen atoms in total. The maximum atomic E-state index is 9.62. The Morgan fingerprint density at radius 2 is 1.68 bits per heavy atom. The lowest BCUT2D eigenvalue weighted by Crippen LogP contribution is -2.37. The van der Waals surface area contributed by atoms with E-state index in [-0.39, 0.29) is 6.61 Å². The molecule has 4 heteroatoms. The van der Waals surface area contributed by atoms with Gasteiger partial charge in [-0.1, -0.05) is 55.6 Å². The number of hydrogen-bond donors (Lipinski definition) is 3. The summed E-state index contributed by atoms with van der Waals surface area (Å²) in [4.78, 5) is 0. The summed E-state index contributed by atoms with van der Waals surface area (Å²) in [6.07, 6.45) is 0.747. The molecule has 0 aliphatic heterocycles. The highest BCUT2D eigenvalue weighted by molar-refractivity contribution is 5.32. The third kappa shape index (κ3) is 3.75. The van der Waals surface area contributed by atoms with Gasteiger partial charge in [-0.15, -0.1) is 0 Å². The number of ether oxygens (including phenoxy) is 1. The lowest BCUT2D eigenvalue weighted by atomic mass is 9.93. The van der Waals surface area contributed by atoms with Crippen molar-refractivity contribution in [2.24, 2.45) is 0 Å². The van der Waals surface area contributed by atoms with Gasteiger partial charge in [-0.2, -0.15) is 0 Å². The first-order chi connectivity index (χ1) is 9.09. The van der Waals surface area contributed by atoms with E-state index in [1.54, 1.807) is 12.2 Å². The topological polar surface area (TPSA) is 69.9 Å². The summed E-state index contributed by atoms with van der Waals surface area (Å²) in [6.45, 7) is 6.80. The summed E-state index contributed by atoms with van der Waals surface area (Å²) in [5.41, 5.74) is -0.108. The Kier molecular flexibility index (Phi) is 5.92. The van der Waals surface area contributed by atoms with E-state index in [0.717, 1.165) is 5.56 Å². The van der Waals surface area contributed by atoms with Gasteiger partial charge in [-0.05, 0) is 5.56 Å². The highest BCUT2D eigenvalue weighted by atomic mass is 16.5. The molecule has 1 aromatic rings. The minimum absolute atomic E-state index is 0.144. The third-order valence-corrected chi connectivity index (χ3v) is 2.96. The molecule has 19 heavy (non-hydrogen) atoms. The Hall–Kier alpha value is -1.46. The van der Waals surface area contributed by atoms with E-state index in [0.29, 0.717) is 0 Å². The van der Waals surface area contributed by atoms with Gasteiger partial charge in [0, 0.05) is 0 Å². The summed E-state index contributed by atoms with van der Waals surface area (Å²) in [7, 11) is 0. The van der Waals surface area contributed by atoms with Gasteiger partial charge in [-0.3, -0.25) is 0 Å². The van der Waals surface area contributed by atoms with E-state index >= 15 is 0 Å². The summed E-state index contributed by atoms with van der Waals surface area (Å²) in [6, 6.07) is 9.32. The summed E-state index contributed by atoms with van der Waals surface area (Å²) in [5.74, 6) is 0. The Balaban J connectivity index is 2.84. The maximum absolute atomic E-state index is 9.62. The molecule has 0 aliphatic carbocycles. The molecule has 0 saturated heterocycles. The number of rotatable bonds is 8. The molecule has 0 radical (unpaired) electrons. The molecule has 3 N–H and O–H groups in total. The second kappa shape index (κ2) is 7.21. The van der Waals surface area contributed by atoms with Crippen LogP contribution in [0, 0.1) is 0 Å². The zero-order chi connectivity index (χ0) is 14.3. The minimum Gasteiger partial charge on any atom is -0.394 e. The molecule has 104 valence electrons. The predicted molar refractivity (Wildman–Crippen MR) is 73.6 cm³/mol. The average Bonchev–Trinajstić information content (AvgIpc) is 2.48. The van der Waals surface area contributed by atoms with Gasteiger partial charge in [0.1, 0.15) is 17.8 Å². The second-order valence-corrected chi connectivity index (χ2v) is 4.20. The van der Waals surface area contributed by atoms with Gasteiger partial charge in [-0.25, -0.2) is 0 Å². The van der Waals surface area contributed by atoms with E-state index < -0.39 is 24.4 Å². The van der Waals surface area contributed by atoms with Crippen LogP contribution in [-0.2, 0) is 10.3 Å². The monoisotopic (exact) mass is 264 g/mol. The molecule has 0 aromatic heterocycles. The van der Waals surface area contributed by atoms with Crippen LogP contribution in [0.15, 0.2) is 55.6 Å². The predicted octanol–water partition coefficient (Wildman–Crippen LogP) is 0.985. The van der Waals surface area contributed by atoms with Crippen molar-refractivity contribution in [1.82, 2.24) is 0 Å². The number of aliphatic hydroxyl groups excluding tert-OH is 3. The molecule has 0 amide bonds. The second-order valence-electron chi connectivity index (χ2n) is 4.20. The first-order valence-corrected chi connectivity index (χ1v) is 6.03. The Labute approximate surface area is 113 Å². The molecule has 1 rings (SSSR count). The number of aliphatic hydroxyl groups is 3. The molecule has 0 unspecified atom stereocenters. The number of hydrogen-bond acceptors (Lipinski definition) is 4. The fourth-order valence-electron chi connectivity index (χ4n) is 1.67. The highest BCUT2D eigenvalue weighted by Crippen LogP contribution is 2.28. The molecule has 0 aliphatic rings.